The number of ether oxygens (including phenoxy) is 3. The van der Waals surface area contributed by atoms with Crippen LogP contribution in [0.1, 0.15) is 61.3 Å². The van der Waals surface area contributed by atoms with Gasteiger partial charge in [-0.15, -0.1) is 5.06 Å². The fourth-order valence-corrected chi connectivity index (χ4v) is 1.65. The monoisotopic (exact) mass is 375 g/mol. The van der Waals surface area contributed by atoms with Crippen LogP contribution in [-0.4, -0.2) is 55.1 Å². The standard InChI is InChI=1S/C13H21NO6.C5H12O/c1-5-18-10(16)13(6-7-13)8-14(19-9-15)11(17)20-12(2,3)4;1-5(2,3)6-4/h9H,5-8H2,1-4H3;1-4H3. The zero-order valence-corrected chi connectivity index (χ0v) is 17.2. The van der Waals surface area contributed by atoms with Crippen LogP contribution in [0.4, 0.5) is 4.79 Å². The van der Waals surface area contributed by atoms with E-state index in [4.69, 9.17) is 14.2 Å². The Morgan fingerprint density at radius 3 is 1.88 bits per heavy atom. The average molecular weight is 375 g/mol. The van der Waals surface area contributed by atoms with Gasteiger partial charge in [0.15, 0.2) is 0 Å². The first-order valence-electron chi connectivity index (χ1n) is 8.63. The van der Waals surface area contributed by atoms with Gasteiger partial charge >= 0.3 is 18.5 Å². The first-order valence-corrected chi connectivity index (χ1v) is 8.63. The molecule has 1 fully saturated rings. The van der Waals surface area contributed by atoms with Crippen LogP contribution in [0.15, 0.2) is 0 Å². The number of hydroxylamine groups is 2. The highest BCUT2D eigenvalue weighted by molar-refractivity contribution is 5.81. The van der Waals surface area contributed by atoms with E-state index in [1.165, 1.54) is 0 Å². The molecule has 0 heterocycles. The SMILES string of the molecule is CCOC(=O)C1(CN(OC=O)C(=O)OC(C)(C)C)CC1.COC(C)(C)C. The zero-order chi connectivity index (χ0) is 20.6. The van der Waals surface area contributed by atoms with Gasteiger partial charge in [-0.25, -0.2) is 4.79 Å². The Hall–Kier alpha value is -1.83. The Kier molecular flexibility index (Phi) is 9.07. The first-order chi connectivity index (χ1) is 11.8. The predicted octanol–water partition coefficient (Wildman–Crippen LogP) is 3.09. The fraction of sp³-hybridized carbons (Fsp3) is 0.833. The minimum Gasteiger partial charge on any atom is -0.466 e. The maximum absolute atomic E-state index is 11.9. The minimum atomic E-state index is -0.805. The molecule has 0 saturated heterocycles. The second kappa shape index (κ2) is 9.75. The van der Waals surface area contributed by atoms with Crippen LogP contribution in [0.2, 0.25) is 0 Å². The van der Waals surface area contributed by atoms with E-state index < -0.39 is 17.1 Å². The second-order valence-electron chi connectivity index (χ2n) is 8.04. The van der Waals surface area contributed by atoms with Crippen molar-refractivity contribution in [2.24, 2.45) is 5.41 Å². The summed E-state index contributed by atoms with van der Waals surface area (Å²) < 4.78 is 15.0. The van der Waals surface area contributed by atoms with Gasteiger partial charge in [-0.05, 0) is 61.3 Å². The maximum Gasteiger partial charge on any atom is 0.443 e. The number of carbonyl (C=O) groups excluding carboxylic acids is 3. The van der Waals surface area contributed by atoms with Crippen molar-refractivity contribution in [3.63, 3.8) is 0 Å². The number of methoxy groups -OCH3 is 1. The molecular weight excluding hydrogens is 342 g/mol. The molecule has 1 rings (SSSR count). The van der Waals surface area contributed by atoms with Crippen molar-refractivity contribution in [1.29, 1.82) is 0 Å². The summed E-state index contributed by atoms with van der Waals surface area (Å²) in [6.07, 6.45) is 0.376. The van der Waals surface area contributed by atoms with Gasteiger partial charge in [0, 0.05) is 7.11 Å². The Balaban J connectivity index is 0.000000896. The molecule has 1 aliphatic carbocycles. The molecule has 8 heteroatoms. The van der Waals surface area contributed by atoms with E-state index in [-0.39, 0.29) is 31.2 Å². The van der Waals surface area contributed by atoms with E-state index in [0.717, 1.165) is 5.06 Å². The Morgan fingerprint density at radius 2 is 1.58 bits per heavy atom. The Bertz CT molecular complexity index is 473. The van der Waals surface area contributed by atoms with Gasteiger partial charge in [0.05, 0.1) is 24.2 Å². The quantitative estimate of drug-likeness (QED) is 0.400. The van der Waals surface area contributed by atoms with Crippen LogP contribution in [-0.2, 0) is 28.6 Å². The Labute approximate surface area is 156 Å². The smallest absolute Gasteiger partial charge is 0.443 e. The van der Waals surface area contributed by atoms with E-state index in [1.807, 2.05) is 20.8 Å². The van der Waals surface area contributed by atoms with E-state index in [2.05, 4.69) is 4.84 Å². The average Bonchev–Trinajstić information content (AvgIpc) is 3.26. The lowest BCUT2D eigenvalue weighted by Gasteiger charge is -2.27. The van der Waals surface area contributed by atoms with Crippen molar-refractivity contribution in [1.82, 2.24) is 5.06 Å². The molecular formula is C18H33NO7. The number of amides is 1. The highest BCUT2D eigenvalue weighted by atomic mass is 16.7. The summed E-state index contributed by atoms with van der Waals surface area (Å²) in [5, 5.41) is 0.766. The number of rotatable bonds is 6. The van der Waals surface area contributed by atoms with Gasteiger partial charge in [-0.3, -0.25) is 9.59 Å². The molecule has 0 N–H and O–H groups in total. The van der Waals surface area contributed by atoms with Gasteiger partial charge in [0.2, 0.25) is 0 Å². The number of nitrogens with zero attached hydrogens (tertiary/aromatic N) is 1. The van der Waals surface area contributed by atoms with Crippen molar-refractivity contribution in [3.05, 3.63) is 0 Å². The Morgan fingerprint density at radius 1 is 1.08 bits per heavy atom. The number of carbonyl (C=O) groups is 3. The van der Waals surface area contributed by atoms with Crippen LogP contribution >= 0.6 is 0 Å². The molecule has 0 bridgehead atoms. The third kappa shape index (κ3) is 9.60. The largest absolute Gasteiger partial charge is 0.466 e. The number of esters is 1. The highest BCUT2D eigenvalue weighted by Gasteiger charge is 2.54. The molecule has 0 aromatic carbocycles. The highest BCUT2D eigenvalue weighted by Crippen LogP contribution is 2.47. The fourth-order valence-electron chi connectivity index (χ4n) is 1.65. The zero-order valence-electron chi connectivity index (χ0n) is 17.2. The first kappa shape index (κ1) is 24.2. The van der Waals surface area contributed by atoms with Gasteiger partial charge < -0.3 is 19.0 Å². The molecule has 0 unspecified atom stereocenters. The van der Waals surface area contributed by atoms with Crippen molar-refractivity contribution in [2.75, 3.05) is 20.3 Å². The molecule has 0 aromatic rings. The normalized spacial score (nSPS) is 15.1. The summed E-state index contributed by atoms with van der Waals surface area (Å²) in [7, 11) is 1.71. The molecule has 0 spiro atoms. The minimum absolute atomic E-state index is 0.0417. The van der Waals surface area contributed by atoms with E-state index >= 15 is 0 Å². The van der Waals surface area contributed by atoms with E-state index in [0.29, 0.717) is 12.8 Å². The molecule has 152 valence electrons. The number of hydrogen-bond acceptors (Lipinski definition) is 7. The van der Waals surface area contributed by atoms with Crippen molar-refractivity contribution in [3.8, 4) is 0 Å². The summed E-state index contributed by atoms with van der Waals surface area (Å²) >= 11 is 0. The lowest BCUT2D eigenvalue weighted by atomic mass is 10.1. The molecule has 1 saturated carbocycles. The third-order valence-electron chi connectivity index (χ3n) is 3.39. The molecule has 0 radical (unpaired) electrons. The van der Waals surface area contributed by atoms with Crippen molar-refractivity contribution in [2.45, 2.75) is 72.5 Å². The number of hydrogen-bond donors (Lipinski definition) is 0. The van der Waals surface area contributed by atoms with Crippen LogP contribution in [0.25, 0.3) is 0 Å². The molecule has 26 heavy (non-hydrogen) atoms. The summed E-state index contributed by atoms with van der Waals surface area (Å²) in [5.41, 5.74) is -1.46. The third-order valence-corrected chi connectivity index (χ3v) is 3.39. The second-order valence-corrected chi connectivity index (χ2v) is 8.04. The topological polar surface area (TPSA) is 91.4 Å². The van der Waals surface area contributed by atoms with E-state index in [1.54, 1.807) is 34.8 Å². The van der Waals surface area contributed by atoms with Gasteiger partial charge in [-0.1, -0.05) is 0 Å². The van der Waals surface area contributed by atoms with Crippen LogP contribution < -0.4 is 0 Å². The predicted molar refractivity (Wildman–Crippen MR) is 95.2 cm³/mol. The van der Waals surface area contributed by atoms with Crippen LogP contribution in [0.3, 0.4) is 0 Å². The van der Waals surface area contributed by atoms with Crippen LogP contribution in [0.5, 0.6) is 0 Å². The van der Waals surface area contributed by atoms with Gasteiger partial charge in [0.1, 0.15) is 5.60 Å². The molecule has 0 aliphatic heterocycles. The van der Waals surface area contributed by atoms with Gasteiger partial charge in [0.25, 0.3) is 0 Å². The summed E-state index contributed by atoms with van der Waals surface area (Å²) in [5.74, 6) is -0.386. The molecule has 1 aliphatic rings. The van der Waals surface area contributed by atoms with Crippen LogP contribution in [0, 0.1) is 5.41 Å². The summed E-state index contributed by atoms with van der Waals surface area (Å²) in [6.45, 7) is 13.2. The molecule has 0 atom stereocenters. The molecule has 8 nitrogen and oxygen atoms in total. The lowest BCUT2D eigenvalue weighted by molar-refractivity contribution is -0.176. The lowest BCUT2D eigenvalue weighted by Crippen LogP contribution is -2.42. The maximum atomic E-state index is 11.9. The summed E-state index contributed by atoms with van der Waals surface area (Å²) in [6, 6.07) is 0. The summed E-state index contributed by atoms with van der Waals surface area (Å²) in [4.78, 5) is 38.9. The molecule has 1 amide bonds. The van der Waals surface area contributed by atoms with Crippen molar-refractivity contribution < 1.29 is 33.4 Å². The van der Waals surface area contributed by atoms with E-state index in [9.17, 15) is 14.4 Å². The molecule has 0 aromatic heterocycles. The van der Waals surface area contributed by atoms with Gasteiger partial charge in [-0.2, -0.15) is 0 Å². The van der Waals surface area contributed by atoms with Crippen molar-refractivity contribution >= 4 is 18.5 Å².